The molecule has 3 saturated heterocycles. The minimum atomic E-state index is -0.413. The molecular formula is C33H53N7O3S. The van der Waals surface area contributed by atoms with Gasteiger partial charge in [0.15, 0.2) is 0 Å². The van der Waals surface area contributed by atoms with Gasteiger partial charge >= 0.3 is 6.03 Å². The van der Waals surface area contributed by atoms with Crippen molar-refractivity contribution in [3.05, 3.63) is 47.8 Å². The van der Waals surface area contributed by atoms with Gasteiger partial charge in [-0.15, -0.1) is 11.8 Å². The molecule has 44 heavy (non-hydrogen) atoms. The maximum atomic E-state index is 13.8. The first-order valence-electron chi connectivity index (χ1n) is 16.3. The van der Waals surface area contributed by atoms with Gasteiger partial charge < -0.3 is 25.3 Å². The molecule has 0 aliphatic carbocycles. The van der Waals surface area contributed by atoms with Gasteiger partial charge in [0.1, 0.15) is 5.37 Å². The highest BCUT2D eigenvalue weighted by Crippen LogP contribution is 2.45. The largest absolute Gasteiger partial charge is 0.342 e. The summed E-state index contributed by atoms with van der Waals surface area (Å²) in [6.07, 6.45) is 7.55. The van der Waals surface area contributed by atoms with Gasteiger partial charge in [-0.2, -0.15) is 5.10 Å². The molecule has 1 unspecified atom stereocenters. The second-order valence-corrected chi connectivity index (χ2v) is 15.2. The molecule has 4 aliphatic heterocycles. The Hall–Kier alpha value is -3.05. The number of aromatic nitrogens is 2. The first-order valence-corrected chi connectivity index (χ1v) is 17.3. The molecule has 5 heterocycles. The molecule has 4 amide bonds. The van der Waals surface area contributed by atoms with Crippen LogP contribution in [-0.2, 0) is 16.0 Å². The van der Waals surface area contributed by atoms with Crippen LogP contribution in [0.25, 0.3) is 0 Å². The Morgan fingerprint density at radius 2 is 1.77 bits per heavy atom. The fourth-order valence-corrected chi connectivity index (χ4v) is 8.27. The minimum Gasteiger partial charge on any atom is -0.342 e. The van der Waals surface area contributed by atoms with Gasteiger partial charge in [-0.3, -0.25) is 14.3 Å². The van der Waals surface area contributed by atoms with Crippen LogP contribution in [0.4, 0.5) is 10.5 Å². The second kappa shape index (κ2) is 13.1. The van der Waals surface area contributed by atoms with E-state index in [1.54, 1.807) is 11.8 Å². The van der Waals surface area contributed by atoms with E-state index in [4.69, 9.17) is 5.10 Å². The summed E-state index contributed by atoms with van der Waals surface area (Å²) in [7, 11) is 0. The van der Waals surface area contributed by atoms with Crippen LogP contribution in [0.5, 0.6) is 0 Å². The molecule has 11 heteroatoms. The zero-order valence-electron chi connectivity index (χ0n) is 26.3. The Morgan fingerprint density at radius 1 is 1.02 bits per heavy atom. The Labute approximate surface area is 269 Å². The maximum Gasteiger partial charge on any atom is 0.322 e. The average molecular weight is 628 g/mol. The highest BCUT2D eigenvalue weighted by Gasteiger charge is 2.44. The molecule has 0 saturated carbocycles. The van der Waals surface area contributed by atoms with Crippen LogP contribution in [0, 0.1) is 5.41 Å². The number of anilines is 1. The molecule has 2 N–H and O–H groups in total. The molecule has 1 aromatic heterocycles. The van der Waals surface area contributed by atoms with Gasteiger partial charge in [-0.05, 0) is 74.7 Å². The predicted octanol–water partition coefficient (Wildman–Crippen LogP) is 5.40. The van der Waals surface area contributed by atoms with E-state index in [1.165, 1.54) is 0 Å². The number of carbonyl (C=O) groups is 3. The van der Waals surface area contributed by atoms with Gasteiger partial charge in [0, 0.05) is 54.8 Å². The van der Waals surface area contributed by atoms with E-state index in [-0.39, 0.29) is 45.4 Å². The van der Waals surface area contributed by atoms with Crippen molar-refractivity contribution in [1.29, 1.82) is 0 Å². The third-order valence-electron chi connectivity index (χ3n) is 9.56. The number of nitrogens with one attached hydrogen (secondary N) is 2. The predicted molar refractivity (Wildman–Crippen MR) is 180 cm³/mol. The lowest BCUT2D eigenvalue weighted by Crippen LogP contribution is -2.50. The first-order chi connectivity index (χ1) is 21.2. The highest BCUT2D eigenvalue weighted by atomic mass is 32.2. The number of rotatable bonds is 7. The number of carbonyl (C=O) groups excluding carboxylic acids is 3. The van der Waals surface area contributed by atoms with Crippen LogP contribution in [-0.4, -0.2) is 92.9 Å². The fourth-order valence-electron chi connectivity index (χ4n) is 6.85. The monoisotopic (exact) mass is 627 g/mol. The van der Waals surface area contributed by atoms with E-state index in [0.29, 0.717) is 32.2 Å². The molecular weight excluding hydrogens is 574 g/mol. The minimum absolute atomic E-state index is 0. The number of amides is 4. The normalized spacial score (nSPS) is 23.9. The van der Waals surface area contributed by atoms with Crippen molar-refractivity contribution < 1.29 is 18.7 Å². The summed E-state index contributed by atoms with van der Waals surface area (Å²) in [6.45, 7) is 11.1. The lowest BCUT2D eigenvalue weighted by atomic mass is 9.92. The number of urea groups is 1. The number of hydrogen-bond acceptors (Lipinski definition) is 6. The first kappa shape index (κ1) is 31.0. The molecule has 3 fully saturated rings. The van der Waals surface area contributed by atoms with Crippen molar-refractivity contribution in [1.82, 2.24) is 29.8 Å². The van der Waals surface area contributed by atoms with Gasteiger partial charge in [-0.1, -0.05) is 39.0 Å². The molecule has 6 rings (SSSR count). The summed E-state index contributed by atoms with van der Waals surface area (Å²) in [5, 5.41) is 10.9. The molecule has 1 aromatic carbocycles. The molecule has 4 aliphatic rings. The van der Waals surface area contributed by atoms with Crippen molar-refractivity contribution in [2.75, 3.05) is 44.6 Å². The molecule has 10 nitrogen and oxygen atoms in total. The standard InChI is InChI=1S/C33H47N7O3S.3H2/c1-33(2,3)14-21-39-30(42)28(44-31(39)27-13-20-40(36-27)25-8-15-34-16-9-25)22-29(41)37-17-11-24(12-18-37)38-19-10-23-6-4-5-7-26(23)35-32(38)43;;;/h4-7,13,20,24-25,28,31,34H,8-12,14-19,21-22H2,1-3H3,(H,35,43);3*1H/t28-,31?;;;/m0.../s1. The lowest BCUT2D eigenvalue weighted by molar-refractivity contribution is -0.137. The lowest BCUT2D eigenvalue weighted by Gasteiger charge is -2.38. The third kappa shape index (κ3) is 6.93. The zero-order valence-corrected chi connectivity index (χ0v) is 27.2. The van der Waals surface area contributed by atoms with Gasteiger partial charge in [-0.25, -0.2) is 4.79 Å². The quantitative estimate of drug-likeness (QED) is 0.427. The fraction of sp³-hybridized carbons (Fsp3) is 0.636. The summed E-state index contributed by atoms with van der Waals surface area (Å²) in [5.41, 5.74) is 3.04. The zero-order chi connectivity index (χ0) is 30.8. The van der Waals surface area contributed by atoms with Gasteiger partial charge in [0.05, 0.1) is 17.0 Å². The van der Waals surface area contributed by atoms with Crippen molar-refractivity contribution >= 4 is 35.3 Å². The van der Waals surface area contributed by atoms with Crippen LogP contribution in [0.2, 0.25) is 0 Å². The maximum absolute atomic E-state index is 13.8. The molecule has 2 atom stereocenters. The van der Waals surface area contributed by atoms with Crippen molar-refractivity contribution in [2.45, 2.75) is 88.4 Å². The number of para-hydroxylation sites is 1. The number of fused-ring (bicyclic) bond motifs is 1. The summed E-state index contributed by atoms with van der Waals surface area (Å²) in [6, 6.07) is 10.5. The topological polar surface area (TPSA) is 103 Å². The number of likely N-dealkylation sites (tertiary alicyclic amines) is 1. The van der Waals surface area contributed by atoms with E-state index in [1.807, 2.05) is 32.9 Å². The summed E-state index contributed by atoms with van der Waals surface area (Å²) >= 11 is 1.58. The van der Waals surface area contributed by atoms with Crippen molar-refractivity contribution in [3.8, 4) is 0 Å². The van der Waals surface area contributed by atoms with E-state index in [0.717, 1.165) is 68.6 Å². The van der Waals surface area contributed by atoms with Crippen molar-refractivity contribution in [3.63, 3.8) is 0 Å². The molecule has 0 spiro atoms. The Morgan fingerprint density at radius 3 is 2.52 bits per heavy atom. The summed E-state index contributed by atoms with van der Waals surface area (Å²) < 4.78 is 2.08. The van der Waals surface area contributed by atoms with E-state index >= 15 is 0 Å². The summed E-state index contributed by atoms with van der Waals surface area (Å²) in [4.78, 5) is 46.2. The molecule has 0 radical (unpaired) electrons. The summed E-state index contributed by atoms with van der Waals surface area (Å²) in [5.74, 6) is 0.0726. The molecule has 0 bridgehead atoms. The number of thioether (sulfide) groups is 1. The molecule has 2 aromatic rings. The Balaban J connectivity index is 0.00000200. The number of nitrogens with zero attached hydrogens (tertiary/aromatic N) is 5. The van der Waals surface area contributed by atoms with E-state index in [2.05, 4.69) is 54.4 Å². The van der Waals surface area contributed by atoms with Crippen LogP contribution >= 0.6 is 11.8 Å². The second-order valence-electron chi connectivity index (χ2n) is 13.9. The number of hydrogen-bond donors (Lipinski definition) is 2. The van der Waals surface area contributed by atoms with Crippen LogP contribution in [0.1, 0.15) is 86.2 Å². The van der Waals surface area contributed by atoms with E-state index in [9.17, 15) is 14.4 Å². The van der Waals surface area contributed by atoms with Crippen LogP contribution < -0.4 is 10.6 Å². The van der Waals surface area contributed by atoms with Crippen molar-refractivity contribution in [2.24, 2.45) is 5.41 Å². The average Bonchev–Trinajstić information content (AvgIpc) is 3.57. The van der Waals surface area contributed by atoms with E-state index < -0.39 is 5.25 Å². The Bertz CT molecular complexity index is 1360. The van der Waals surface area contributed by atoms with Gasteiger partial charge in [0.25, 0.3) is 0 Å². The molecule has 244 valence electrons. The number of piperidine rings is 2. The third-order valence-corrected chi connectivity index (χ3v) is 11.0. The SMILES string of the molecule is CC(C)(C)CCN1C(=O)[C@H](CC(=O)N2CCC(N3CCc4ccccc4NC3=O)CC2)SC1c1ccn(C2CCNCC2)n1.[HH].[HH].[HH]. The number of benzene rings is 1. The Kier molecular flexibility index (Phi) is 9.23. The highest BCUT2D eigenvalue weighted by molar-refractivity contribution is 8.01. The smallest absolute Gasteiger partial charge is 0.322 e. The van der Waals surface area contributed by atoms with Gasteiger partial charge in [0.2, 0.25) is 11.8 Å². The van der Waals surface area contributed by atoms with Crippen LogP contribution in [0.15, 0.2) is 36.5 Å². The van der Waals surface area contributed by atoms with Crippen LogP contribution in [0.3, 0.4) is 0 Å².